The molecule has 4 N–H and O–H groups in total. The maximum atomic E-state index is 10.0. The average Bonchev–Trinajstić information content (AvgIpc) is 3.21. The van der Waals surface area contributed by atoms with Crippen LogP contribution in [0.15, 0.2) is 30.7 Å². The molecule has 7 nitrogen and oxygen atoms in total. The molecule has 0 aliphatic heterocycles. The van der Waals surface area contributed by atoms with Gasteiger partial charge in [-0.05, 0) is 49.4 Å². The maximum Gasteiger partial charge on any atom is 0.152 e. The van der Waals surface area contributed by atoms with Crippen LogP contribution in [-0.2, 0) is 6.54 Å². The average molecular weight is 484 g/mol. The number of aliphatic hydroxyl groups is 1. The molecule has 3 aromatic heterocycles. The Balaban J connectivity index is 0.00000171. The number of rotatable bonds is 6. The largest absolute Gasteiger partial charge is 0.495 e. The molecule has 3 heterocycles. The molecule has 0 saturated carbocycles. The number of benzene rings is 1. The number of hydrogen-bond acceptors (Lipinski definition) is 7. The fourth-order valence-corrected chi connectivity index (χ4v) is 4.75. The van der Waals surface area contributed by atoms with Gasteiger partial charge in [-0.1, -0.05) is 6.07 Å². The lowest BCUT2D eigenvalue weighted by Crippen LogP contribution is -2.34. The Morgan fingerprint density at radius 1 is 1.26 bits per heavy atom. The van der Waals surface area contributed by atoms with Gasteiger partial charge in [0.2, 0.25) is 0 Å². The highest BCUT2D eigenvalue weighted by molar-refractivity contribution is 7.22. The maximum absolute atomic E-state index is 10.0. The lowest BCUT2D eigenvalue weighted by atomic mass is 10.1. The molecule has 4 rings (SSSR count). The minimum absolute atomic E-state index is 0. The Kier molecular flexibility index (Phi) is 7.78. The van der Waals surface area contributed by atoms with E-state index < -0.39 is 5.60 Å². The van der Waals surface area contributed by atoms with Crippen molar-refractivity contribution in [3.63, 3.8) is 0 Å². The van der Waals surface area contributed by atoms with Crippen molar-refractivity contribution in [3.05, 3.63) is 41.9 Å². The third kappa shape index (κ3) is 5.05. The standard InChI is InChI=1S/C21H25N5O2S.2ClH/c1-12-5-13-7-16(29-19(13)15(6-12)28-4)17-14(8-23-10-21(2,3)27)9-26-18(17)20(22)24-11-25-26;;/h5-7,9,11,23,27H,8,10H2,1-4H3,(H2,22,24,25);2*1H. The van der Waals surface area contributed by atoms with Gasteiger partial charge < -0.3 is 20.9 Å². The van der Waals surface area contributed by atoms with Gasteiger partial charge in [0.15, 0.2) is 5.82 Å². The number of thiophene rings is 1. The number of anilines is 1. The predicted octanol–water partition coefficient (Wildman–Crippen LogP) is 4.21. The van der Waals surface area contributed by atoms with Crippen molar-refractivity contribution >= 4 is 57.6 Å². The zero-order valence-electron chi connectivity index (χ0n) is 17.8. The summed E-state index contributed by atoms with van der Waals surface area (Å²) in [4.78, 5) is 5.27. The molecular formula is C21H27Cl2N5O2S. The van der Waals surface area contributed by atoms with Crippen LogP contribution >= 0.6 is 36.2 Å². The summed E-state index contributed by atoms with van der Waals surface area (Å²) in [6.07, 6.45) is 3.42. The van der Waals surface area contributed by atoms with Crippen LogP contribution in [0.5, 0.6) is 5.75 Å². The van der Waals surface area contributed by atoms with Gasteiger partial charge in [0, 0.05) is 29.7 Å². The molecule has 0 unspecified atom stereocenters. The molecule has 0 bridgehead atoms. The SMILES string of the molecule is COc1cc(C)cc2cc(-c3c(CNCC(C)(C)O)cn4ncnc(N)c34)sc12.Cl.Cl. The first-order valence-electron chi connectivity index (χ1n) is 9.39. The number of aryl methyl sites for hydroxylation is 1. The summed E-state index contributed by atoms with van der Waals surface area (Å²) in [5.41, 5.74) is 9.42. The van der Waals surface area contributed by atoms with E-state index in [1.165, 1.54) is 6.33 Å². The number of nitrogens with two attached hydrogens (primary N) is 1. The van der Waals surface area contributed by atoms with E-state index >= 15 is 0 Å². The molecule has 0 atom stereocenters. The van der Waals surface area contributed by atoms with E-state index in [1.54, 1.807) is 36.8 Å². The van der Waals surface area contributed by atoms with Gasteiger partial charge in [-0.2, -0.15) is 5.10 Å². The molecule has 0 fully saturated rings. The minimum atomic E-state index is -0.791. The van der Waals surface area contributed by atoms with E-state index in [0.29, 0.717) is 18.9 Å². The molecule has 0 spiro atoms. The highest BCUT2D eigenvalue weighted by Crippen LogP contribution is 2.43. The van der Waals surface area contributed by atoms with Crippen LogP contribution in [0, 0.1) is 6.92 Å². The fourth-order valence-electron chi connectivity index (χ4n) is 3.54. The molecule has 31 heavy (non-hydrogen) atoms. The molecule has 0 amide bonds. The fraction of sp³-hybridized carbons (Fsp3) is 0.333. The predicted molar refractivity (Wildman–Crippen MR) is 132 cm³/mol. The van der Waals surface area contributed by atoms with Crippen LogP contribution in [0.3, 0.4) is 0 Å². The van der Waals surface area contributed by atoms with Crippen LogP contribution in [-0.4, -0.2) is 39.0 Å². The molecule has 1 aromatic carbocycles. The first-order valence-corrected chi connectivity index (χ1v) is 10.2. The number of nitrogens with one attached hydrogen (secondary N) is 1. The smallest absolute Gasteiger partial charge is 0.152 e. The van der Waals surface area contributed by atoms with Gasteiger partial charge >= 0.3 is 0 Å². The van der Waals surface area contributed by atoms with Crippen molar-refractivity contribution in [1.82, 2.24) is 19.9 Å². The molecule has 10 heteroatoms. The second-order valence-electron chi connectivity index (χ2n) is 7.88. The molecule has 0 aliphatic carbocycles. The van der Waals surface area contributed by atoms with E-state index in [-0.39, 0.29) is 24.8 Å². The van der Waals surface area contributed by atoms with Gasteiger partial charge in [0.25, 0.3) is 0 Å². The van der Waals surface area contributed by atoms with E-state index in [2.05, 4.69) is 34.5 Å². The summed E-state index contributed by atoms with van der Waals surface area (Å²) in [6.45, 7) is 6.67. The molecule has 4 aromatic rings. The van der Waals surface area contributed by atoms with Crippen molar-refractivity contribution in [2.45, 2.75) is 32.9 Å². The number of ether oxygens (including phenoxy) is 1. The molecule has 0 radical (unpaired) electrons. The summed E-state index contributed by atoms with van der Waals surface area (Å²) in [5.74, 6) is 1.30. The summed E-state index contributed by atoms with van der Waals surface area (Å²) in [5, 5.41) is 18.8. The second-order valence-corrected chi connectivity index (χ2v) is 8.93. The van der Waals surface area contributed by atoms with Gasteiger partial charge in [-0.15, -0.1) is 36.2 Å². The quantitative estimate of drug-likeness (QED) is 0.379. The Morgan fingerprint density at radius 2 is 2.00 bits per heavy atom. The Hall–Kier alpha value is -2.10. The van der Waals surface area contributed by atoms with Gasteiger partial charge in [0.1, 0.15) is 17.6 Å². The third-order valence-electron chi connectivity index (χ3n) is 4.75. The van der Waals surface area contributed by atoms with E-state index in [9.17, 15) is 5.11 Å². The number of nitrogen functional groups attached to an aromatic ring is 1. The third-order valence-corrected chi connectivity index (χ3v) is 5.93. The number of hydrogen-bond donors (Lipinski definition) is 3. The van der Waals surface area contributed by atoms with E-state index in [4.69, 9.17) is 10.5 Å². The highest BCUT2D eigenvalue weighted by atomic mass is 35.5. The van der Waals surface area contributed by atoms with Crippen LogP contribution < -0.4 is 15.8 Å². The number of nitrogens with zero attached hydrogens (tertiary/aromatic N) is 3. The molecule has 168 valence electrons. The summed E-state index contributed by atoms with van der Waals surface area (Å²) in [7, 11) is 1.69. The van der Waals surface area contributed by atoms with Crippen LogP contribution in [0.25, 0.3) is 26.0 Å². The van der Waals surface area contributed by atoms with E-state index in [1.807, 2.05) is 12.3 Å². The lowest BCUT2D eigenvalue weighted by molar-refractivity contribution is 0.0795. The van der Waals surface area contributed by atoms with Gasteiger partial charge in [0.05, 0.1) is 17.4 Å². The van der Waals surface area contributed by atoms with E-state index in [0.717, 1.165) is 42.9 Å². The molecule has 0 saturated heterocycles. The molecular weight excluding hydrogens is 457 g/mol. The molecule has 0 aliphatic rings. The zero-order chi connectivity index (χ0) is 20.8. The number of aromatic nitrogens is 3. The number of halogens is 2. The normalized spacial score (nSPS) is 11.4. The summed E-state index contributed by atoms with van der Waals surface area (Å²) >= 11 is 1.67. The first kappa shape index (κ1) is 25.2. The number of fused-ring (bicyclic) bond motifs is 2. The van der Waals surface area contributed by atoms with Crippen molar-refractivity contribution in [1.29, 1.82) is 0 Å². The van der Waals surface area contributed by atoms with Gasteiger partial charge in [-0.25, -0.2) is 9.50 Å². The second kappa shape index (κ2) is 9.58. The van der Waals surface area contributed by atoms with Crippen molar-refractivity contribution < 1.29 is 9.84 Å². The van der Waals surface area contributed by atoms with Gasteiger partial charge in [-0.3, -0.25) is 0 Å². The summed E-state index contributed by atoms with van der Waals surface area (Å²) < 4.78 is 8.46. The lowest BCUT2D eigenvalue weighted by Gasteiger charge is -2.17. The van der Waals surface area contributed by atoms with Crippen LogP contribution in [0.4, 0.5) is 5.82 Å². The monoisotopic (exact) mass is 483 g/mol. The Morgan fingerprint density at radius 3 is 2.68 bits per heavy atom. The summed E-state index contributed by atoms with van der Waals surface area (Å²) in [6, 6.07) is 6.36. The van der Waals surface area contributed by atoms with Crippen molar-refractivity contribution in [2.24, 2.45) is 0 Å². The zero-order valence-corrected chi connectivity index (χ0v) is 20.2. The van der Waals surface area contributed by atoms with Crippen LogP contribution in [0.2, 0.25) is 0 Å². The number of methoxy groups -OCH3 is 1. The van der Waals surface area contributed by atoms with Crippen molar-refractivity contribution in [3.8, 4) is 16.2 Å². The first-order chi connectivity index (χ1) is 13.8. The van der Waals surface area contributed by atoms with Crippen LogP contribution in [0.1, 0.15) is 25.0 Å². The minimum Gasteiger partial charge on any atom is -0.495 e. The Labute approximate surface area is 197 Å². The topological polar surface area (TPSA) is 97.7 Å². The van der Waals surface area contributed by atoms with Crippen molar-refractivity contribution in [2.75, 3.05) is 19.4 Å². The Bertz CT molecular complexity index is 1200. The highest BCUT2D eigenvalue weighted by Gasteiger charge is 2.20.